The van der Waals surface area contributed by atoms with Crippen molar-refractivity contribution >= 4 is 11.8 Å². The highest BCUT2D eigenvalue weighted by Gasteiger charge is 2.22. The van der Waals surface area contributed by atoms with E-state index in [-0.39, 0.29) is 0 Å². The van der Waals surface area contributed by atoms with Crippen molar-refractivity contribution in [1.29, 1.82) is 0 Å². The van der Waals surface area contributed by atoms with Gasteiger partial charge in [-0.05, 0) is 36.2 Å². The molecule has 2 atom stereocenters. The number of hydrogen-bond acceptors (Lipinski definition) is 3. The summed E-state index contributed by atoms with van der Waals surface area (Å²) in [5.74, 6) is 6.56. The molecule has 1 aromatic rings. The smallest absolute Gasteiger partial charge is 0.151 e. The molecule has 0 bridgehead atoms. The highest BCUT2D eigenvalue weighted by atomic mass is 32.2. The first-order valence-electron chi connectivity index (χ1n) is 6.31. The summed E-state index contributed by atoms with van der Waals surface area (Å²) in [4.78, 5) is 4.71. The highest BCUT2D eigenvalue weighted by Crippen LogP contribution is 2.26. The van der Waals surface area contributed by atoms with Crippen LogP contribution in [0.5, 0.6) is 0 Å². The minimum atomic E-state index is 0.784. The molecule has 1 fully saturated rings. The van der Waals surface area contributed by atoms with E-state index in [2.05, 4.69) is 28.5 Å². The zero-order chi connectivity index (χ0) is 11.0. The summed E-state index contributed by atoms with van der Waals surface area (Å²) in [5, 5.41) is 4.65. The third-order valence-corrected chi connectivity index (χ3v) is 4.88. The van der Waals surface area contributed by atoms with Crippen LogP contribution in [0, 0.1) is 11.8 Å². The second kappa shape index (κ2) is 4.40. The van der Waals surface area contributed by atoms with Crippen LogP contribution in [-0.2, 0) is 19.4 Å². The summed E-state index contributed by atoms with van der Waals surface area (Å²) >= 11 is 2.07. The third kappa shape index (κ3) is 2.12. The molecule has 2 aliphatic rings. The number of rotatable bonds is 2. The summed E-state index contributed by atoms with van der Waals surface area (Å²) in [6.45, 7) is 3.38. The fourth-order valence-electron chi connectivity index (χ4n) is 2.60. The number of hydrogen-bond donors (Lipinski definition) is 0. The Kier molecular flexibility index (Phi) is 2.92. The summed E-state index contributed by atoms with van der Waals surface area (Å²) in [6, 6.07) is 0. The van der Waals surface area contributed by atoms with Gasteiger partial charge in [0, 0.05) is 19.4 Å². The minimum Gasteiger partial charge on any atom is -0.250 e. The zero-order valence-corrected chi connectivity index (χ0v) is 10.7. The molecule has 0 amide bonds. The van der Waals surface area contributed by atoms with Crippen LogP contribution in [-0.4, -0.2) is 26.3 Å². The summed E-state index contributed by atoms with van der Waals surface area (Å²) in [5.41, 5.74) is 0. The first-order valence-corrected chi connectivity index (χ1v) is 7.47. The van der Waals surface area contributed by atoms with Crippen molar-refractivity contribution in [2.75, 3.05) is 11.5 Å². The predicted molar refractivity (Wildman–Crippen MR) is 66.6 cm³/mol. The topological polar surface area (TPSA) is 30.7 Å². The van der Waals surface area contributed by atoms with Crippen LogP contribution in [0.15, 0.2) is 0 Å². The van der Waals surface area contributed by atoms with Crippen molar-refractivity contribution in [2.45, 2.75) is 39.2 Å². The lowest BCUT2D eigenvalue weighted by atomic mass is 10.0. The van der Waals surface area contributed by atoms with E-state index in [0.717, 1.165) is 37.0 Å². The normalized spacial score (nSPS) is 29.3. The molecule has 2 unspecified atom stereocenters. The molecule has 16 heavy (non-hydrogen) atoms. The standard InChI is InChI=1S/C12H19N3S/c1-9-2-4-15-12(6-9)13-11(14-15)7-10-3-5-16-8-10/h9-10H,2-8H2,1H3. The van der Waals surface area contributed by atoms with Gasteiger partial charge in [0.2, 0.25) is 0 Å². The molecule has 0 spiro atoms. The molecule has 2 aliphatic heterocycles. The second-order valence-electron chi connectivity index (χ2n) is 5.20. The van der Waals surface area contributed by atoms with E-state index in [1.165, 1.54) is 30.2 Å². The van der Waals surface area contributed by atoms with Gasteiger partial charge in [0.25, 0.3) is 0 Å². The van der Waals surface area contributed by atoms with Crippen LogP contribution in [0.4, 0.5) is 0 Å². The van der Waals surface area contributed by atoms with Gasteiger partial charge in [-0.25, -0.2) is 9.67 Å². The van der Waals surface area contributed by atoms with E-state index in [1.54, 1.807) is 0 Å². The van der Waals surface area contributed by atoms with Gasteiger partial charge >= 0.3 is 0 Å². The Morgan fingerprint density at radius 2 is 2.38 bits per heavy atom. The average Bonchev–Trinajstić information content (AvgIpc) is 2.86. The quantitative estimate of drug-likeness (QED) is 0.789. The molecule has 3 rings (SSSR count). The average molecular weight is 237 g/mol. The van der Waals surface area contributed by atoms with Crippen LogP contribution in [0.2, 0.25) is 0 Å². The number of thioether (sulfide) groups is 1. The Morgan fingerprint density at radius 1 is 1.44 bits per heavy atom. The van der Waals surface area contributed by atoms with E-state index in [0.29, 0.717) is 0 Å². The van der Waals surface area contributed by atoms with Gasteiger partial charge in [-0.2, -0.15) is 16.9 Å². The summed E-state index contributed by atoms with van der Waals surface area (Å²) in [7, 11) is 0. The maximum absolute atomic E-state index is 4.71. The monoisotopic (exact) mass is 237 g/mol. The van der Waals surface area contributed by atoms with Crippen LogP contribution >= 0.6 is 11.8 Å². The Labute approximate surface area is 101 Å². The number of aryl methyl sites for hydroxylation is 1. The van der Waals surface area contributed by atoms with Crippen molar-refractivity contribution in [3.63, 3.8) is 0 Å². The van der Waals surface area contributed by atoms with Crippen LogP contribution in [0.3, 0.4) is 0 Å². The Morgan fingerprint density at radius 3 is 3.19 bits per heavy atom. The van der Waals surface area contributed by atoms with Crippen molar-refractivity contribution in [3.05, 3.63) is 11.6 Å². The molecule has 4 heteroatoms. The largest absolute Gasteiger partial charge is 0.250 e. The van der Waals surface area contributed by atoms with Gasteiger partial charge in [-0.3, -0.25) is 0 Å². The van der Waals surface area contributed by atoms with Gasteiger partial charge in [0.05, 0.1) is 0 Å². The Bertz CT molecular complexity index is 368. The first-order chi connectivity index (χ1) is 7.81. The second-order valence-corrected chi connectivity index (χ2v) is 6.35. The lowest BCUT2D eigenvalue weighted by Crippen LogP contribution is -2.18. The lowest BCUT2D eigenvalue weighted by molar-refractivity contribution is 0.385. The summed E-state index contributed by atoms with van der Waals surface area (Å²) < 4.78 is 2.14. The SMILES string of the molecule is CC1CCn2nc(CC3CCSC3)nc2C1. The summed E-state index contributed by atoms with van der Waals surface area (Å²) in [6.07, 6.45) is 4.83. The van der Waals surface area contributed by atoms with Crippen molar-refractivity contribution in [3.8, 4) is 0 Å². The lowest BCUT2D eigenvalue weighted by Gasteiger charge is -2.17. The maximum atomic E-state index is 4.71. The molecule has 0 aliphatic carbocycles. The van der Waals surface area contributed by atoms with Crippen LogP contribution < -0.4 is 0 Å². The predicted octanol–water partition coefficient (Wildman–Crippen LogP) is 2.16. The first kappa shape index (κ1) is 10.6. The van der Waals surface area contributed by atoms with E-state index in [4.69, 9.17) is 4.98 Å². The van der Waals surface area contributed by atoms with Crippen LogP contribution in [0.25, 0.3) is 0 Å². The molecule has 1 saturated heterocycles. The Balaban J connectivity index is 1.71. The van der Waals surface area contributed by atoms with Crippen molar-refractivity contribution in [1.82, 2.24) is 14.8 Å². The molecule has 0 saturated carbocycles. The van der Waals surface area contributed by atoms with Gasteiger partial charge in [0.15, 0.2) is 5.82 Å². The molecule has 88 valence electrons. The minimum absolute atomic E-state index is 0.784. The molecule has 1 aromatic heterocycles. The number of aromatic nitrogens is 3. The molecular weight excluding hydrogens is 218 g/mol. The maximum Gasteiger partial charge on any atom is 0.151 e. The molecule has 0 radical (unpaired) electrons. The van der Waals surface area contributed by atoms with E-state index in [1.807, 2.05) is 0 Å². The van der Waals surface area contributed by atoms with Gasteiger partial charge in [-0.1, -0.05) is 6.92 Å². The molecule has 0 aromatic carbocycles. The molecule has 3 heterocycles. The zero-order valence-electron chi connectivity index (χ0n) is 9.85. The van der Waals surface area contributed by atoms with E-state index in [9.17, 15) is 0 Å². The van der Waals surface area contributed by atoms with Crippen LogP contribution in [0.1, 0.15) is 31.4 Å². The number of nitrogens with zero attached hydrogens (tertiary/aromatic N) is 3. The van der Waals surface area contributed by atoms with E-state index < -0.39 is 0 Å². The molecule has 0 N–H and O–H groups in total. The van der Waals surface area contributed by atoms with Gasteiger partial charge < -0.3 is 0 Å². The number of fused-ring (bicyclic) bond motifs is 1. The molecule has 3 nitrogen and oxygen atoms in total. The molecular formula is C12H19N3S. The fourth-order valence-corrected chi connectivity index (χ4v) is 3.89. The fraction of sp³-hybridized carbons (Fsp3) is 0.833. The Hall–Kier alpha value is -0.510. The van der Waals surface area contributed by atoms with Crippen molar-refractivity contribution in [2.24, 2.45) is 11.8 Å². The highest BCUT2D eigenvalue weighted by molar-refractivity contribution is 7.99. The van der Waals surface area contributed by atoms with Gasteiger partial charge in [-0.15, -0.1) is 0 Å². The van der Waals surface area contributed by atoms with Crippen molar-refractivity contribution < 1.29 is 0 Å². The van der Waals surface area contributed by atoms with Gasteiger partial charge in [0.1, 0.15) is 5.82 Å². The van der Waals surface area contributed by atoms with E-state index >= 15 is 0 Å². The third-order valence-electron chi connectivity index (χ3n) is 3.65.